The lowest BCUT2D eigenvalue weighted by molar-refractivity contribution is -0.139. The molecule has 0 radical (unpaired) electrons. The molecular weight excluding hydrogens is 359 g/mol. The van der Waals surface area contributed by atoms with E-state index in [1.54, 1.807) is 6.92 Å². The minimum atomic E-state index is -0.346. The number of hydrogen-bond donors (Lipinski definition) is 1. The summed E-state index contributed by atoms with van der Waals surface area (Å²) >= 11 is 0. The molecule has 28 heavy (non-hydrogen) atoms. The fourth-order valence-corrected chi connectivity index (χ4v) is 4.25. The summed E-state index contributed by atoms with van der Waals surface area (Å²) in [5.74, 6) is -0.0249. The van der Waals surface area contributed by atoms with Gasteiger partial charge in [0.25, 0.3) is 0 Å². The first-order valence-electron chi connectivity index (χ1n) is 10.3. The van der Waals surface area contributed by atoms with Gasteiger partial charge >= 0.3 is 0 Å². The van der Waals surface area contributed by atoms with Crippen LogP contribution >= 0.6 is 0 Å². The van der Waals surface area contributed by atoms with Crippen molar-refractivity contribution in [3.8, 4) is 0 Å². The minimum absolute atomic E-state index is 0.133. The molecule has 0 aromatic heterocycles. The number of benzene rings is 1. The van der Waals surface area contributed by atoms with Crippen LogP contribution in [0.2, 0.25) is 0 Å². The summed E-state index contributed by atoms with van der Waals surface area (Å²) in [6, 6.07) is 6.74. The predicted molar refractivity (Wildman–Crippen MR) is 109 cm³/mol. The molecule has 7 heteroatoms. The number of anilines is 1. The predicted octanol–water partition coefficient (Wildman–Crippen LogP) is 1.25. The van der Waals surface area contributed by atoms with Crippen LogP contribution in [-0.2, 0) is 4.79 Å². The van der Waals surface area contributed by atoms with Crippen molar-refractivity contribution >= 4 is 11.6 Å². The van der Waals surface area contributed by atoms with Crippen LogP contribution in [0.15, 0.2) is 24.3 Å². The molecule has 2 aliphatic heterocycles. The lowest BCUT2D eigenvalue weighted by atomic mass is 10.1. The number of aliphatic hydroxyl groups excluding tert-OH is 1. The number of rotatable bonds is 5. The topological polar surface area (TPSA) is 50.3 Å². The maximum absolute atomic E-state index is 13.1. The second-order valence-electron chi connectivity index (χ2n) is 8.15. The molecule has 2 saturated heterocycles. The van der Waals surface area contributed by atoms with Crippen molar-refractivity contribution in [3.05, 3.63) is 30.1 Å². The Morgan fingerprint density at radius 2 is 1.75 bits per heavy atom. The van der Waals surface area contributed by atoms with Crippen LogP contribution in [0.4, 0.5) is 10.1 Å². The summed E-state index contributed by atoms with van der Waals surface area (Å²) in [6.45, 7) is 12.1. The van der Waals surface area contributed by atoms with E-state index in [9.17, 15) is 14.3 Å². The van der Waals surface area contributed by atoms with Gasteiger partial charge in [0.1, 0.15) is 5.82 Å². The molecule has 1 aromatic rings. The van der Waals surface area contributed by atoms with Gasteiger partial charge < -0.3 is 14.9 Å². The first-order valence-corrected chi connectivity index (χ1v) is 10.3. The van der Waals surface area contributed by atoms with Crippen molar-refractivity contribution < 1.29 is 14.3 Å². The second-order valence-corrected chi connectivity index (χ2v) is 8.15. The number of piperazine rings is 2. The maximum atomic E-state index is 13.1. The second kappa shape index (κ2) is 9.20. The van der Waals surface area contributed by atoms with Gasteiger partial charge in [-0.1, -0.05) is 0 Å². The lowest BCUT2D eigenvalue weighted by Crippen LogP contribution is -2.59. The minimum Gasteiger partial charge on any atom is -0.392 e. The van der Waals surface area contributed by atoms with Crippen LogP contribution in [0.25, 0.3) is 0 Å². The van der Waals surface area contributed by atoms with Crippen LogP contribution in [0, 0.1) is 5.82 Å². The monoisotopic (exact) mass is 392 g/mol. The highest BCUT2D eigenvalue weighted by Gasteiger charge is 2.32. The molecule has 156 valence electrons. The maximum Gasteiger partial charge on any atom is 0.239 e. The number of β-amino-alcohol motifs (C(OH)–C–C–N with tert-alkyl or cyclic N) is 1. The number of carbonyl (C=O) groups excluding carboxylic acids is 1. The van der Waals surface area contributed by atoms with Crippen LogP contribution < -0.4 is 4.90 Å². The van der Waals surface area contributed by atoms with Crippen LogP contribution in [0.1, 0.15) is 20.8 Å². The zero-order valence-electron chi connectivity index (χ0n) is 17.2. The Labute approximate surface area is 167 Å². The van der Waals surface area contributed by atoms with E-state index in [0.29, 0.717) is 13.1 Å². The Morgan fingerprint density at radius 3 is 2.32 bits per heavy atom. The summed E-state index contributed by atoms with van der Waals surface area (Å²) < 4.78 is 13.1. The van der Waals surface area contributed by atoms with Crippen LogP contribution in [0.3, 0.4) is 0 Å². The van der Waals surface area contributed by atoms with E-state index in [-0.39, 0.29) is 29.9 Å². The fourth-order valence-electron chi connectivity index (χ4n) is 4.25. The molecule has 2 fully saturated rings. The normalized spacial score (nSPS) is 24.2. The van der Waals surface area contributed by atoms with Crippen molar-refractivity contribution in [3.63, 3.8) is 0 Å². The number of hydrogen-bond acceptors (Lipinski definition) is 5. The Hall–Kier alpha value is -1.70. The molecule has 0 unspecified atom stereocenters. The van der Waals surface area contributed by atoms with Gasteiger partial charge in [-0.3, -0.25) is 14.6 Å². The number of amides is 1. The molecule has 2 aliphatic rings. The van der Waals surface area contributed by atoms with E-state index in [2.05, 4.69) is 21.6 Å². The highest BCUT2D eigenvalue weighted by molar-refractivity contribution is 5.81. The van der Waals surface area contributed by atoms with Crippen molar-refractivity contribution in [2.24, 2.45) is 0 Å². The number of halogens is 1. The molecule has 3 atom stereocenters. The molecule has 0 spiro atoms. The molecule has 1 amide bonds. The number of carbonyl (C=O) groups is 1. The molecule has 2 heterocycles. The van der Waals surface area contributed by atoms with Gasteiger partial charge in [-0.2, -0.15) is 0 Å². The summed E-state index contributed by atoms with van der Waals surface area (Å²) in [7, 11) is 0. The van der Waals surface area contributed by atoms with Crippen LogP contribution in [-0.4, -0.2) is 96.3 Å². The van der Waals surface area contributed by atoms with Gasteiger partial charge in [0.15, 0.2) is 0 Å². The van der Waals surface area contributed by atoms with E-state index in [4.69, 9.17) is 0 Å². The van der Waals surface area contributed by atoms with Crippen molar-refractivity contribution in [2.45, 2.75) is 39.0 Å². The molecule has 0 saturated carbocycles. The fraction of sp³-hybridized carbons (Fsp3) is 0.667. The van der Waals surface area contributed by atoms with Crippen molar-refractivity contribution in [2.75, 3.05) is 57.3 Å². The molecule has 1 N–H and O–H groups in total. The van der Waals surface area contributed by atoms with Gasteiger partial charge in [-0.15, -0.1) is 0 Å². The SMILES string of the molecule is C[C@H](O)CN1CCN(C(=O)[C@@H](C)N2CCN(c3ccc(F)cc3)CC2)C[C@@H]1C. The summed E-state index contributed by atoms with van der Waals surface area (Å²) in [5, 5.41) is 9.62. The average molecular weight is 393 g/mol. The van der Waals surface area contributed by atoms with Crippen molar-refractivity contribution in [1.82, 2.24) is 14.7 Å². The van der Waals surface area contributed by atoms with Gasteiger partial charge in [0, 0.05) is 64.1 Å². The smallest absolute Gasteiger partial charge is 0.239 e. The van der Waals surface area contributed by atoms with Crippen molar-refractivity contribution in [1.29, 1.82) is 0 Å². The highest BCUT2D eigenvalue weighted by atomic mass is 19.1. The first kappa shape index (κ1) is 21.0. The Kier molecular flexibility index (Phi) is 6.91. The lowest BCUT2D eigenvalue weighted by Gasteiger charge is -2.43. The molecule has 6 nitrogen and oxygen atoms in total. The zero-order chi connectivity index (χ0) is 20.3. The standard InChI is InChI=1S/C21H33FN4O2/c1-16-14-26(13-12-25(16)15-17(2)27)21(28)18(3)23-8-10-24(11-9-23)20-6-4-19(22)5-7-20/h4-7,16-18,27H,8-15H2,1-3H3/t16-,17-,18+/m0/s1. The Bertz CT molecular complexity index is 646. The zero-order valence-corrected chi connectivity index (χ0v) is 17.2. The number of nitrogens with zero attached hydrogens (tertiary/aromatic N) is 4. The highest BCUT2D eigenvalue weighted by Crippen LogP contribution is 2.19. The Morgan fingerprint density at radius 1 is 1.11 bits per heavy atom. The third-order valence-corrected chi connectivity index (χ3v) is 5.99. The first-order chi connectivity index (χ1) is 13.3. The summed E-state index contributed by atoms with van der Waals surface area (Å²) in [5.41, 5.74) is 1.03. The van der Waals surface area contributed by atoms with E-state index in [1.807, 2.05) is 24.0 Å². The van der Waals surface area contributed by atoms with Crippen LogP contribution in [0.5, 0.6) is 0 Å². The third kappa shape index (κ3) is 5.01. The average Bonchev–Trinajstić information content (AvgIpc) is 2.69. The molecule has 1 aromatic carbocycles. The quantitative estimate of drug-likeness (QED) is 0.817. The van der Waals surface area contributed by atoms with Gasteiger partial charge in [-0.25, -0.2) is 4.39 Å². The van der Waals surface area contributed by atoms with E-state index in [1.165, 1.54) is 12.1 Å². The Balaban J connectivity index is 1.50. The number of aliphatic hydroxyl groups is 1. The van der Waals surface area contributed by atoms with Gasteiger partial charge in [0.05, 0.1) is 12.1 Å². The van der Waals surface area contributed by atoms with E-state index in [0.717, 1.165) is 45.0 Å². The van der Waals surface area contributed by atoms with Gasteiger partial charge in [0.2, 0.25) is 5.91 Å². The van der Waals surface area contributed by atoms with Gasteiger partial charge in [-0.05, 0) is 45.0 Å². The molecule has 0 bridgehead atoms. The largest absolute Gasteiger partial charge is 0.392 e. The molecule has 0 aliphatic carbocycles. The molecule has 3 rings (SSSR count). The molecular formula is C21H33FN4O2. The summed E-state index contributed by atoms with van der Waals surface area (Å²) in [4.78, 5) is 21.7. The van der Waals surface area contributed by atoms with E-state index < -0.39 is 0 Å². The van der Waals surface area contributed by atoms with E-state index >= 15 is 0 Å². The summed E-state index contributed by atoms with van der Waals surface area (Å²) in [6.07, 6.45) is -0.346. The third-order valence-electron chi connectivity index (χ3n) is 5.99.